The van der Waals surface area contributed by atoms with Crippen LogP contribution in [-0.4, -0.2) is 17.4 Å². The number of halogens is 1. The number of rotatable bonds is 4. The Morgan fingerprint density at radius 1 is 1.50 bits per heavy atom. The lowest BCUT2D eigenvalue weighted by Gasteiger charge is -2.27. The summed E-state index contributed by atoms with van der Waals surface area (Å²) in [5.41, 5.74) is 0.757. The molecule has 0 saturated heterocycles. The Morgan fingerprint density at radius 3 is 2.83 bits per heavy atom. The Labute approximate surface area is 113 Å². The number of carbonyl (C=O) groups excluding carboxylic acids is 1. The largest absolute Gasteiger partial charge is 0.351 e. The monoisotopic (exact) mass is 266 g/mol. The van der Waals surface area contributed by atoms with Crippen LogP contribution in [0.3, 0.4) is 0 Å². The molecule has 1 aliphatic carbocycles. The van der Waals surface area contributed by atoms with Crippen molar-refractivity contribution in [3.8, 4) is 0 Å². The number of hydrogen-bond donors (Lipinski definition) is 1. The topological polar surface area (TPSA) is 42.0 Å². The highest BCUT2D eigenvalue weighted by atomic mass is 35.5. The molecular weight excluding hydrogens is 248 g/mol. The molecule has 1 amide bonds. The highest BCUT2D eigenvalue weighted by molar-refractivity contribution is 6.33. The van der Waals surface area contributed by atoms with E-state index in [0.717, 1.165) is 13.0 Å². The van der Waals surface area contributed by atoms with Crippen molar-refractivity contribution in [1.82, 2.24) is 10.3 Å². The van der Waals surface area contributed by atoms with E-state index < -0.39 is 0 Å². The van der Waals surface area contributed by atoms with E-state index in [1.165, 1.54) is 31.9 Å². The third-order valence-electron chi connectivity index (χ3n) is 4.05. The highest BCUT2D eigenvalue weighted by Crippen LogP contribution is 2.40. The van der Waals surface area contributed by atoms with Crippen LogP contribution in [0.25, 0.3) is 0 Å². The third kappa shape index (κ3) is 2.83. The molecule has 98 valence electrons. The number of aromatic nitrogens is 1. The van der Waals surface area contributed by atoms with Gasteiger partial charge in [0.1, 0.15) is 0 Å². The number of amides is 1. The highest BCUT2D eigenvalue weighted by Gasteiger charge is 2.32. The molecule has 0 spiro atoms. The van der Waals surface area contributed by atoms with Crippen molar-refractivity contribution >= 4 is 17.5 Å². The molecule has 1 N–H and O–H groups in total. The number of nitrogens with zero attached hydrogens (tertiary/aromatic N) is 1. The average molecular weight is 267 g/mol. The summed E-state index contributed by atoms with van der Waals surface area (Å²) in [4.78, 5) is 16.0. The Hall–Kier alpha value is -1.09. The molecule has 1 aliphatic rings. The number of pyridine rings is 1. The quantitative estimate of drug-likeness (QED) is 0.907. The summed E-state index contributed by atoms with van der Waals surface area (Å²) in [5.74, 6) is -0.118. The minimum absolute atomic E-state index is 0.118. The fourth-order valence-corrected chi connectivity index (χ4v) is 2.88. The third-order valence-corrected chi connectivity index (χ3v) is 4.38. The van der Waals surface area contributed by atoms with Gasteiger partial charge < -0.3 is 5.32 Å². The lowest BCUT2D eigenvalue weighted by molar-refractivity contribution is 0.0928. The molecule has 0 radical (unpaired) electrons. The zero-order chi connectivity index (χ0) is 13.0. The maximum Gasteiger partial charge on any atom is 0.254 e. The molecule has 1 heterocycles. The molecule has 0 atom stereocenters. The van der Waals surface area contributed by atoms with Gasteiger partial charge in [0.25, 0.3) is 5.91 Å². The zero-order valence-electron chi connectivity index (χ0n) is 10.7. The summed E-state index contributed by atoms with van der Waals surface area (Å²) in [5, 5.41) is 3.47. The fraction of sp³-hybridized carbons (Fsp3) is 0.571. The summed E-state index contributed by atoms with van der Waals surface area (Å²) in [6, 6.07) is 1.64. The van der Waals surface area contributed by atoms with E-state index in [-0.39, 0.29) is 5.91 Å². The molecule has 3 nitrogen and oxygen atoms in total. The van der Waals surface area contributed by atoms with E-state index in [9.17, 15) is 4.79 Å². The summed E-state index contributed by atoms with van der Waals surface area (Å²) >= 11 is 5.98. The molecule has 1 saturated carbocycles. The van der Waals surface area contributed by atoms with Crippen LogP contribution in [0.4, 0.5) is 0 Å². The summed E-state index contributed by atoms with van der Waals surface area (Å²) < 4.78 is 0. The van der Waals surface area contributed by atoms with Gasteiger partial charge in [-0.2, -0.15) is 0 Å². The SMILES string of the molecule is CCC1(CNC(=O)c2cnccc2Cl)CCCC1. The van der Waals surface area contributed by atoms with Crippen LogP contribution in [0.15, 0.2) is 18.5 Å². The predicted octanol–water partition coefficient (Wildman–Crippen LogP) is 3.44. The maximum absolute atomic E-state index is 12.0. The number of nitrogens with one attached hydrogen (secondary N) is 1. The van der Waals surface area contributed by atoms with Crippen molar-refractivity contribution in [3.63, 3.8) is 0 Å². The zero-order valence-corrected chi connectivity index (χ0v) is 11.5. The van der Waals surface area contributed by atoms with Crippen molar-refractivity contribution in [2.45, 2.75) is 39.0 Å². The second-order valence-electron chi connectivity index (χ2n) is 5.10. The van der Waals surface area contributed by atoms with Crippen molar-refractivity contribution in [2.75, 3.05) is 6.54 Å². The van der Waals surface area contributed by atoms with Crippen molar-refractivity contribution < 1.29 is 4.79 Å². The Morgan fingerprint density at radius 2 is 2.22 bits per heavy atom. The van der Waals surface area contributed by atoms with E-state index in [1.54, 1.807) is 12.3 Å². The number of hydrogen-bond acceptors (Lipinski definition) is 2. The molecule has 18 heavy (non-hydrogen) atoms. The van der Waals surface area contributed by atoms with Crippen LogP contribution < -0.4 is 5.32 Å². The van der Waals surface area contributed by atoms with Crippen molar-refractivity contribution in [2.24, 2.45) is 5.41 Å². The van der Waals surface area contributed by atoms with E-state index >= 15 is 0 Å². The smallest absolute Gasteiger partial charge is 0.254 e. The predicted molar refractivity (Wildman–Crippen MR) is 72.8 cm³/mol. The summed E-state index contributed by atoms with van der Waals surface area (Å²) in [6.07, 6.45) is 9.20. The van der Waals surface area contributed by atoms with Crippen LogP contribution in [-0.2, 0) is 0 Å². The molecule has 2 rings (SSSR count). The molecule has 1 fully saturated rings. The summed E-state index contributed by atoms with van der Waals surface area (Å²) in [6.45, 7) is 2.95. The number of carbonyl (C=O) groups is 1. The van der Waals surface area contributed by atoms with Gasteiger partial charge >= 0.3 is 0 Å². The summed E-state index contributed by atoms with van der Waals surface area (Å²) in [7, 11) is 0. The molecule has 4 heteroatoms. The lowest BCUT2D eigenvalue weighted by atomic mass is 9.83. The van der Waals surface area contributed by atoms with E-state index in [0.29, 0.717) is 16.0 Å². The minimum Gasteiger partial charge on any atom is -0.351 e. The lowest BCUT2D eigenvalue weighted by Crippen LogP contribution is -2.35. The second-order valence-corrected chi connectivity index (χ2v) is 5.51. The molecule has 1 aromatic heterocycles. The minimum atomic E-state index is -0.118. The molecule has 0 unspecified atom stereocenters. The van der Waals surface area contributed by atoms with Gasteiger partial charge in [0, 0.05) is 18.9 Å². The van der Waals surface area contributed by atoms with Crippen molar-refractivity contribution in [3.05, 3.63) is 29.0 Å². The Kier molecular flexibility index (Phi) is 4.23. The molecule has 0 bridgehead atoms. The standard InChI is InChI=1S/C14H19ClN2O/c1-2-14(6-3-4-7-14)10-17-13(18)11-9-16-8-5-12(11)15/h5,8-9H,2-4,6-7,10H2,1H3,(H,17,18). The van der Waals surface area contributed by atoms with E-state index in [4.69, 9.17) is 11.6 Å². The van der Waals surface area contributed by atoms with Crippen LogP contribution in [0.1, 0.15) is 49.4 Å². The van der Waals surface area contributed by atoms with Gasteiger partial charge in [-0.05, 0) is 30.7 Å². The van der Waals surface area contributed by atoms with Gasteiger partial charge in [-0.15, -0.1) is 0 Å². The maximum atomic E-state index is 12.0. The van der Waals surface area contributed by atoms with Gasteiger partial charge in [0.05, 0.1) is 10.6 Å². The van der Waals surface area contributed by atoms with Crippen LogP contribution in [0, 0.1) is 5.41 Å². The first-order valence-corrected chi connectivity index (χ1v) is 6.92. The second kappa shape index (κ2) is 5.70. The normalized spacial score (nSPS) is 17.7. The molecule has 0 aliphatic heterocycles. The van der Waals surface area contributed by atoms with E-state index in [2.05, 4.69) is 17.2 Å². The van der Waals surface area contributed by atoms with Crippen molar-refractivity contribution in [1.29, 1.82) is 0 Å². The Bertz CT molecular complexity index is 428. The van der Waals surface area contributed by atoms with Gasteiger partial charge in [-0.3, -0.25) is 9.78 Å². The van der Waals surface area contributed by atoms with Gasteiger partial charge in [0.2, 0.25) is 0 Å². The van der Waals surface area contributed by atoms with Gasteiger partial charge in [-0.25, -0.2) is 0 Å². The van der Waals surface area contributed by atoms with Crippen LogP contribution >= 0.6 is 11.6 Å². The van der Waals surface area contributed by atoms with Gasteiger partial charge in [0.15, 0.2) is 0 Å². The average Bonchev–Trinajstić information content (AvgIpc) is 2.86. The Balaban J connectivity index is 1.98. The van der Waals surface area contributed by atoms with Crippen LogP contribution in [0.5, 0.6) is 0 Å². The van der Waals surface area contributed by atoms with Gasteiger partial charge in [-0.1, -0.05) is 31.4 Å². The molecular formula is C14H19ClN2O. The first-order chi connectivity index (χ1) is 8.67. The fourth-order valence-electron chi connectivity index (χ4n) is 2.69. The first-order valence-electron chi connectivity index (χ1n) is 6.55. The first kappa shape index (κ1) is 13.3. The van der Waals surface area contributed by atoms with Crippen LogP contribution in [0.2, 0.25) is 5.02 Å². The molecule has 0 aromatic carbocycles. The van der Waals surface area contributed by atoms with E-state index in [1.807, 2.05) is 0 Å². The molecule has 1 aromatic rings.